The van der Waals surface area contributed by atoms with Gasteiger partial charge in [-0.15, -0.1) is 0 Å². The molecule has 6 heteroatoms. The molecule has 1 aromatic heterocycles. The fourth-order valence-electron chi connectivity index (χ4n) is 4.39. The molecule has 0 radical (unpaired) electrons. The highest BCUT2D eigenvalue weighted by Gasteiger charge is 2.23. The standard InChI is InChI=1S/C23H32N4O2/c1-17-6-5-9-27(16-17)18(2)15-24-22-14-20(19-7-3-4-8-21(19)25-22)23(28)26-10-12-29-13-11-26/h3-4,7-8,14,17-18H,5-6,9-13,15-16H2,1-2H3,(H,24,25). The summed E-state index contributed by atoms with van der Waals surface area (Å²) < 4.78 is 5.40. The van der Waals surface area contributed by atoms with Crippen LogP contribution in [0.2, 0.25) is 0 Å². The number of fused-ring (bicyclic) bond motifs is 1. The fraction of sp³-hybridized carbons (Fsp3) is 0.565. The number of para-hydroxylation sites is 1. The number of nitrogens with zero attached hydrogens (tertiary/aromatic N) is 3. The van der Waals surface area contributed by atoms with Crippen molar-refractivity contribution in [2.24, 2.45) is 5.92 Å². The van der Waals surface area contributed by atoms with Crippen molar-refractivity contribution in [3.05, 3.63) is 35.9 Å². The lowest BCUT2D eigenvalue weighted by Gasteiger charge is -2.35. The first-order valence-electron chi connectivity index (χ1n) is 10.9. The van der Waals surface area contributed by atoms with Gasteiger partial charge in [0.1, 0.15) is 5.82 Å². The first kappa shape index (κ1) is 20.1. The summed E-state index contributed by atoms with van der Waals surface area (Å²) in [7, 11) is 0. The maximum Gasteiger partial charge on any atom is 0.254 e. The number of nitrogens with one attached hydrogen (secondary N) is 1. The van der Waals surface area contributed by atoms with Crippen molar-refractivity contribution >= 4 is 22.6 Å². The van der Waals surface area contributed by atoms with Gasteiger partial charge in [0.25, 0.3) is 5.91 Å². The first-order valence-corrected chi connectivity index (χ1v) is 10.9. The number of ether oxygens (including phenoxy) is 1. The molecule has 2 aromatic rings. The van der Waals surface area contributed by atoms with Crippen LogP contribution in [0.3, 0.4) is 0 Å². The van der Waals surface area contributed by atoms with E-state index in [1.165, 1.54) is 19.4 Å². The van der Waals surface area contributed by atoms with E-state index in [9.17, 15) is 4.79 Å². The molecule has 2 unspecified atom stereocenters. The number of pyridine rings is 1. The summed E-state index contributed by atoms with van der Waals surface area (Å²) in [6.07, 6.45) is 2.60. The Morgan fingerprint density at radius 2 is 2.07 bits per heavy atom. The second-order valence-corrected chi connectivity index (χ2v) is 8.45. The number of aromatic nitrogens is 1. The minimum atomic E-state index is 0.0628. The molecule has 0 saturated carbocycles. The first-order chi connectivity index (χ1) is 14.1. The number of hydrogen-bond acceptors (Lipinski definition) is 5. The maximum atomic E-state index is 13.2. The third kappa shape index (κ3) is 4.70. The number of morpholine rings is 1. The van der Waals surface area contributed by atoms with E-state index in [4.69, 9.17) is 9.72 Å². The molecule has 29 heavy (non-hydrogen) atoms. The van der Waals surface area contributed by atoms with E-state index in [1.807, 2.05) is 35.2 Å². The zero-order chi connectivity index (χ0) is 20.2. The molecule has 6 nitrogen and oxygen atoms in total. The summed E-state index contributed by atoms with van der Waals surface area (Å²) >= 11 is 0. The number of anilines is 1. The second kappa shape index (κ2) is 9.09. The average molecular weight is 397 g/mol. The molecule has 1 N–H and O–H groups in total. The fourth-order valence-corrected chi connectivity index (χ4v) is 4.39. The van der Waals surface area contributed by atoms with Crippen LogP contribution in [0.15, 0.2) is 30.3 Å². The number of carbonyl (C=O) groups excluding carboxylic acids is 1. The lowest BCUT2D eigenvalue weighted by atomic mass is 9.99. The molecular formula is C23H32N4O2. The van der Waals surface area contributed by atoms with Crippen molar-refractivity contribution in [2.45, 2.75) is 32.7 Å². The summed E-state index contributed by atoms with van der Waals surface area (Å²) in [5.41, 5.74) is 1.58. The summed E-state index contributed by atoms with van der Waals surface area (Å²) in [5, 5.41) is 4.41. The number of benzene rings is 1. The summed E-state index contributed by atoms with van der Waals surface area (Å²) in [4.78, 5) is 22.4. The molecule has 2 aliphatic heterocycles. The summed E-state index contributed by atoms with van der Waals surface area (Å²) in [6, 6.07) is 10.3. The molecule has 2 fully saturated rings. The van der Waals surface area contributed by atoms with Gasteiger partial charge in [0, 0.05) is 37.6 Å². The van der Waals surface area contributed by atoms with E-state index < -0.39 is 0 Å². The van der Waals surface area contributed by atoms with Crippen LogP contribution in [-0.4, -0.2) is 72.7 Å². The molecule has 2 atom stereocenters. The predicted octanol–water partition coefficient (Wildman–Crippen LogP) is 3.24. The van der Waals surface area contributed by atoms with Crippen molar-refractivity contribution in [1.82, 2.24) is 14.8 Å². The molecule has 1 amide bonds. The lowest BCUT2D eigenvalue weighted by molar-refractivity contribution is 0.0304. The van der Waals surface area contributed by atoms with Crippen LogP contribution in [0.4, 0.5) is 5.82 Å². The van der Waals surface area contributed by atoms with Crippen molar-refractivity contribution in [1.29, 1.82) is 0 Å². The van der Waals surface area contributed by atoms with Gasteiger partial charge in [0.15, 0.2) is 0 Å². The number of amides is 1. The quantitative estimate of drug-likeness (QED) is 0.841. The van der Waals surface area contributed by atoms with Gasteiger partial charge in [-0.1, -0.05) is 25.1 Å². The molecule has 1 aromatic carbocycles. The van der Waals surface area contributed by atoms with Gasteiger partial charge in [0.2, 0.25) is 0 Å². The minimum Gasteiger partial charge on any atom is -0.378 e. The minimum absolute atomic E-state index is 0.0628. The Bertz CT molecular complexity index is 850. The highest BCUT2D eigenvalue weighted by molar-refractivity contribution is 6.07. The van der Waals surface area contributed by atoms with Crippen LogP contribution >= 0.6 is 0 Å². The zero-order valence-corrected chi connectivity index (χ0v) is 17.6. The van der Waals surface area contributed by atoms with E-state index in [1.54, 1.807) is 0 Å². The molecule has 2 aliphatic rings. The van der Waals surface area contributed by atoms with Crippen LogP contribution in [0.5, 0.6) is 0 Å². The van der Waals surface area contributed by atoms with Gasteiger partial charge in [-0.2, -0.15) is 0 Å². The maximum absolute atomic E-state index is 13.2. The normalized spacial score (nSPS) is 21.9. The smallest absolute Gasteiger partial charge is 0.254 e. The molecule has 3 heterocycles. The lowest BCUT2D eigenvalue weighted by Crippen LogP contribution is -2.43. The monoisotopic (exact) mass is 396 g/mol. The molecule has 2 saturated heterocycles. The Kier molecular flexibility index (Phi) is 6.31. The zero-order valence-electron chi connectivity index (χ0n) is 17.6. The Hall–Kier alpha value is -2.18. The second-order valence-electron chi connectivity index (χ2n) is 8.45. The van der Waals surface area contributed by atoms with Gasteiger partial charge >= 0.3 is 0 Å². The van der Waals surface area contributed by atoms with Crippen molar-refractivity contribution in [2.75, 3.05) is 51.3 Å². The largest absolute Gasteiger partial charge is 0.378 e. The molecule has 0 bridgehead atoms. The Balaban J connectivity index is 1.52. The Morgan fingerprint density at radius 1 is 1.28 bits per heavy atom. The number of rotatable bonds is 5. The third-order valence-electron chi connectivity index (χ3n) is 6.14. The van der Waals surface area contributed by atoms with Gasteiger partial charge < -0.3 is 15.0 Å². The number of hydrogen-bond donors (Lipinski definition) is 1. The van der Waals surface area contributed by atoms with E-state index in [0.717, 1.165) is 41.3 Å². The van der Waals surface area contributed by atoms with Gasteiger partial charge in [-0.3, -0.25) is 9.69 Å². The Morgan fingerprint density at radius 3 is 2.86 bits per heavy atom. The molecule has 0 spiro atoms. The van der Waals surface area contributed by atoms with E-state index in [-0.39, 0.29) is 5.91 Å². The van der Waals surface area contributed by atoms with E-state index >= 15 is 0 Å². The number of carbonyl (C=O) groups is 1. The van der Waals surface area contributed by atoms with Crippen LogP contribution in [0.25, 0.3) is 10.9 Å². The van der Waals surface area contributed by atoms with Crippen molar-refractivity contribution < 1.29 is 9.53 Å². The highest BCUT2D eigenvalue weighted by Crippen LogP contribution is 2.23. The number of likely N-dealkylation sites (tertiary alicyclic amines) is 1. The van der Waals surface area contributed by atoms with Crippen LogP contribution in [-0.2, 0) is 4.74 Å². The predicted molar refractivity (Wildman–Crippen MR) is 116 cm³/mol. The molecule has 0 aliphatic carbocycles. The van der Waals surface area contributed by atoms with Gasteiger partial charge in [0.05, 0.1) is 24.3 Å². The van der Waals surface area contributed by atoms with Gasteiger partial charge in [-0.25, -0.2) is 4.98 Å². The molecule has 156 valence electrons. The van der Waals surface area contributed by atoms with Crippen LogP contribution in [0.1, 0.15) is 37.0 Å². The summed E-state index contributed by atoms with van der Waals surface area (Å²) in [6.45, 7) is 10.2. The SMILES string of the molecule is CC1CCCN(C(C)CNc2cc(C(=O)N3CCOCC3)c3ccccc3n2)C1. The van der Waals surface area contributed by atoms with Gasteiger partial charge in [-0.05, 0) is 44.4 Å². The summed E-state index contributed by atoms with van der Waals surface area (Å²) in [5.74, 6) is 1.60. The van der Waals surface area contributed by atoms with Crippen molar-refractivity contribution in [3.8, 4) is 0 Å². The Labute approximate surface area is 173 Å². The van der Waals surface area contributed by atoms with Crippen molar-refractivity contribution in [3.63, 3.8) is 0 Å². The average Bonchev–Trinajstić information content (AvgIpc) is 2.77. The van der Waals surface area contributed by atoms with Crippen LogP contribution in [0, 0.1) is 5.92 Å². The van der Waals surface area contributed by atoms with Crippen LogP contribution < -0.4 is 5.32 Å². The van der Waals surface area contributed by atoms with E-state index in [0.29, 0.717) is 32.3 Å². The number of piperidine rings is 1. The van der Waals surface area contributed by atoms with E-state index in [2.05, 4.69) is 24.1 Å². The topological polar surface area (TPSA) is 57.7 Å². The molecule has 4 rings (SSSR count). The third-order valence-corrected chi connectivity index (χ3v) is 6.14. The highest BCUT2D eigenvalue weighted by atomic mass is 16.5. The molecular weight excluding hydrogens is 364 g/mol.